The summed E-state index contributed by atoms with van der Waals surface area (Å²) >= 11 is 0. The van der Waals surface area contributed by atoms with Gasteiger partial charge in [-0.15, -0.1) is 0 Å². The van der Waals surface area contributed by atoms with Crippen LogP contribution in [0, 0.1) is 12.7 Å². The van der Waals surface area contributed by atoms with Gasteiger partial charge in [-0.3, -0.25) is 0 Å². The maximum Gasteiger partial charge on any atom is 0.128 e. The minimum Gasteiger partial charge on any atom is -0.342 e. The van der Waals surface area contributed by atoms with Gasteiger partial charge >= 0.3 is 0 Å². The Morgan fingerprint density at radius 2 is 2.06 bits per heavy atom. The van der Waals surface area contributed by atoms with Crippen LogP contribution in [0.2, 0.25) is 0 Å². The maximum atomic E-state index is 13.6. The molecule has 1 aromatic heterocycles. The lowest BCUT2D eigenvalue weighted by molar-refractivity contribution is 0.377. The maximum absolute atomic E-state index is 13.6. The topological polar surface area (TPSA) is 8.17 Å². The molecule has 0 saturated heterocycles. The van der Waals surface area contributed by atoms with Crippen molar-refractivity contribution in [3.05, 3.63) is 35.8 Å². The number of hydrogen-bond donors (Lipinski definition) is 0. The number of nitrogens with zero attached hydrogens (tertiary/aromatic N) is 2. The Bertz CT molecular complexity index is 571. The van der Waals surface area contributed by atoms with E-state index in [1.54, 1.807) is 6.07 Å². The molecule has 1 fully saturated rings. The molecule has 3 heteroatoms. The van der Waals surface area contributed by atoms with Crippen molar-refractivity contribution in [3.8, 4) is 0 Å². The molecule has 1 aromatic carbocycles. The molecule has 3 rings (SSSR count). The van der Waals surface area contributed by atoms with Crippen molar-refractivity contribution in [1.29, 1.82) is 0 Å². The number of aryl methyl sites for hydroxylation is 1. The average molecular weight is 232 g/mol. The molecule has 1 aliphatic rings. The van der Waals surface area contributed by atoms with Crippen molar-refractivity contribution >= 4 is 10.9 Å². The Kier molecular flexibility index (Phi) is 2.26. The van der Waals surface area contributed by atoms with Crippen molar-refractivity contribution in [1.82, 2.24) is 9.47 Å². The monoisotopic (exact) mass is 232 g/mol. The van der Waals surface area contributed by atoms with Gasteiger partial charge in [0.15, 0.2) is 0 Å². The van der Waals surface area contributed by atoms with E-state index in [4.69, 9.17) is 0 Å². The van der Waals surface area contributed by atoms with E-state index < -0.39 is 0 Å². The van der Waals surface area contributed by atoms with E-state index in [0.717, 1.165) is 22.9 Å². The van der Waals surface area contributed by atoms with Gasteiger partial charge in [0, 0.05) is 23.2 Å². The summed E-state index contributed by atoms with van der Waals surface area (Å²) in [4.78, 5) is 2.24. The van der Waals surface area contributed by atoms with Crippen molar-refractivity contribution in [3.63, 3.8) is 0 Å². The van der Waals surface area contributed by atoms with E-state index in [-0.39, 0.29) is 5.82 Å². The summed E-state index contributed by atoms with van der Waals surface area (Å²) in [7, 11) is 4.20. The van der Waals surface area contributed by atoms with Crippen molar-refractivity contribution in [2.24, 2.45) is 0 Å². The molecule has 2 unspecified atom stereocenters. The lowest BCUT2D eigenvalue weighted by Crippen LogP contribution is -2.17. The molecule has 1 heterocycles. The van der Waals surface area contributed by atoms with Gasteiger partial charge in [-0.05, 0) is 45.6 Å². The summed E-state index contributed by atoms with van der Waals surface area (Å²) in [6.45, 7) is 1.86. The normalized spacial score (nSPS) is 23.6. The molecule has 90 valence electrons. The molecular weight excluding hydrogens is 215 g/mol. The zero-order valence-electron chi connectivity index (χ0n) is 10.4. The fourth-order valence-electron chi connectivity index (χ4n) is 2.71. The zero-order chi connectivity index (χ0) is 12.2. The third-order valence-corrected chi connectivity index (χ3v) is 3.81. The van der Waals surface area contributed by atoms with Gasteiger partial charge in [0.2, 0.25) is 0 Å². The first-order chi connectivity index (χ1) is 8.09. The molecule has 0 bridgehead atoms. The number of benzene rings is 1. The van der Waals surface area contributed by atoms with Crippen LogP contribution >= 0.6 is 0 Å². The number of hydrogen-bond acceptors (Lipinski definition) is 1. The Morgan fingerprint density at radius 3 is 2.71 bits per heavy atom. The van der Waals surface area contributed by atoms with E-state index in [9.17, 15) is 4.39 Å². The Balaban J connectivity index is 2.10. The first kappa shape index (κ1) is 10.8. The standard InChI is InChI=1S/C14H17FN2/c1-9-11(15)5-4-10-6-7-17(14(9)10)13-8-12(13)16(2)3/h4-7,12-13H,8H2,1-3H3. The summed E-state index contributed by atoms with van der Waals surface area (Å²) in [5.74, 6) is -0.112. The van der Waals surface area contributed by atoms with Gasteiger partial charge in [0.1, 0.15) is 5.82 Å². The zero-order valence-corrected chi connectivity index (χ0v) is 10.4. The molecule has 1 aliphatic carbocycles. The SMILES string of the molecule is Cc1c(F)ccc2ccn(C3CC3N(C)C)c12. The van der Waals surface area contributed by atoms with Crippen LogP contribution in [0.4, 0.5) is 4.39 Å². The molecule has 2 nitrogen and oxygen atoms in total. The summed E-state index contributed by atoms with van der Waals surface area (Å²) in [6, 6.07) is 6.59. The fourth-order valence-corrected chi connectivity index (χ4v) is 2.71. The van der Waals surface area contributed by atoms with Crippen LogP contribution in [0.5, 0.6) is 0 Å². The van der Waals surface area contributed by atoms with Gasteiger partial charge in [-0.1, -0.05) is 0 Å². The fraction of sp³-hybridized carbons (Fsp3) is 0.429. The van der Waals surface area contributed by atoms with Crippen LogP contribution in [0.15, 0.2) is 24.4 Å². The molecule has 2 atom stereocenters. The van der Waals surface area contributed by atoms with E-state index in [1.165, 1.54) is 0 Å². The van der Waals surface area contributed by atoms with Gasteiger partial charge in [-0.25, -0.2) is 4.39 Å². The van der Waals surface area contributed by atoms with Gasteiger partial charge in [-0.2, -0.15) is 0 Å². The molecule has 17 heavy (non-hydrogen) atoms. The quantitative estimate of drug-likeness (QED) is 0.773. The highest BCUT2D eigenvalue weighted by atomic mass is 19.1. The molecule has 0 aliphatic heterocycles. The van der Waals surface area contributed by atoms with Crippen LogP contribution in [-0.2, 0) is 0 Å². The molecular formula is C14H17FN2. The molecule has 0 N–H and O–H groups in total. The summed E-state index contributed by atoms with van der Waals surface area (Å²) in [5, 5.41) is 1.13. The molecule has 0 radical (unpaired) electrons. The van der Waals surface area contributed by atoms with Crippen LogP contribution in [-0.4, -0.2) is 29.6 Å². The van der Waals surface area contributed by atoms with Crippen molar-refractivity contribution in [2.75, 3.05) is 14.1 Å². The highest BCUT2D eigenvalue weighted by Gasteiger charge is 2.40. The van der Waals surface area contributed by atoms with Crippen molar-refractivity contribution < 1.29 is 4.39 Å². The number of likely N-dealkylation sites (N-methyl/N-ethyl adjacent to an activating group) is 1. The van der Waals surface area contributed by atoms with Gasteiger partial charge in [0.05, 0.1) is 11.6 Å². The smallest absolute Gasteiger partial charge is 0.128 e. The van der Waals surface area contributed by atoms with Gasteiger partial charge < -0.3 is 9.47 Å². The number of fused-ring (bicyclic) bond motifs is 1. The second-order valence-corrected chi connectivity index (χ2v) is 5.17. The molecule has 2 aromatic rings. The van der Waals surface area contributed by atoms with E-state index in [1.807, 2.05) is 13.0 Å². The number of aromatic nitrogens is 1. The van der Waals surface area contributed by atoms with Crippen LogP contribution in [0.25, 0.3) is 10.9 Å². The molecule has 1 saturated carbocycles. The highest BCUT2D eigenvalue weighted by molar-refractivity contribution is 5.83. The minimum absolute atomic E-state index is 0.112. The predicted molar refractivity (Wildman–Crippen MR) is 67.8 cm³/mol. The lowest BCUT2D eigenvalue weighted by atomic mass is 10.1. The molecule has 0 spiro atoms. The van der Waals surface area contributed by atoms with E-state index in [0.29, 0.717) is 12.1 Å². The Morgan fingerprint density at radius 1 is 1.29 bits per heavy atom. The third-order valence-electron chi connectivity index (χ3n) is 3.81. The summed E-state index contributed by atoms with van der Waals surface area (Å²) in [6.07, 6.45) is 3.25. The van der Waals surface area contributed by atoms with Crippen LogP contribution in [0.1, 0.15) is 18.0 Å². The second kappa shape index (κ2) is 3.57. The largest absolute Gasteiger partial charge is 0.342 e. The Labute approximate surface area is 101 Å². The first-order valence-electron chi connectivity index (χ1n) is 6.01. The molecule has 0 amide bonds. The predicted octanol–water partition coefficient (Wildman–Crippen LogP) is 2.96. The summed E-state index contributed by atoms with van der Waals surface area (Å²) in [5.41, 5.74) is 1.82. The second-order valence-electron chi connectivity index (χ2n) is 5.17. The summed E-state index contributed by atoms with van der Waals surface area (Å²) < 4.78 is 15.9. The number of halogens is 1. The minimum atomic E-state index is -0.112. The Hall–Kier alpha value is -1.35. The van der Waals surface area contributed by atoms with E-state index in [2.05, 4.69) is 35.8 Å². The van der Waals surface area contributed by atoms with Crippen LogP contribution < -0.4 is 0 Å². The lowest BCUT2D eigenvalue weighted by Gasteiger charge is -2.11. The third kappa shape index (κ3) is 1.57. The van der Waals surface area contributed by atoms with E-state index >= 15 is 0 Å². The van der Waals surface area contributed by atoms with Crippen molar-refractivity contribution in [2.45, 2.75) is 25.4 Å². The first-order valence-corrected chi connectivity index (χ1v) is 6.01. The van der Waals surface area contributed by atoms with Crippen LogP contribution in [0.3, 0.4) is 0 Å². The highest BCUT2D eigenvalue weighted by Crippen LogP contribution is 2.42. The number of rotatable bonds is 2. The van der Waals surface area contributed by atoms with Gasteiger partial charge in [0.25, 0.3) is 0 Å². The average Bonchev–Trinajstić information content (AvgIpc) is 2.97.